The molecule has 0 aromatic heterocycles. The smallest absolute Gasteiger partial charge is 0.104 e. The van der Waals surface area contributed by atoms with E-state index in [1.807, 2.05) is 0 Å². The number of hydrogen-bond donors (Lipinski definition) is 0. The highest BCUT2D eigenvalue weighted by molar-refractivity contribution is 5.63. The van der Waals surface area contributed by atoms with Crippen LogP contribution in [0.4, 0.5) is 0 Å². The molecule has 0 aliphatic heterocycles. The molecule has 0 radical (unpaired) electrons. The fourth-order valence-electron chi connectivity index (χ4n) is 2.00. The minimum Gasteiger partial charge on any atom is -0.550 e. The molecule has 0 N–H and O–H groups in total. The quantitative estimate of drug-likeness (QED) is 0.546. The number of carboxylic acid groups (broad SMARTS) is 1. The highest BCUT2D eigenvalue weighted by Gasteiger charge is 2.06. The number of rotatable bonds is 8. The van der Waals surface area contributed by atoms with Gasteiger partial charge >= 0.3 is 0 Å². The van der Waals surface area contributed by atoms with Gasteiger partial charge in [-0.25, -0.2) is 0 Å². The van der Waals surface area contributed by atoms with Crippen LogP contribution in [0.25, 0.3) is 0 Å². The predicted octanol–water partition coefficient (Wildman–Crippen LogP) is 2.99. The van der Waals surface area contributed by atoms with E-state index in [2.05, 4.69) is 58.4 Å². The molecule has 21 heavy (non-hydrogen) atoms. The number of hydrogen-bond acceptors (Lipinski definition) is 2. The highest BCUT2D eigenvalue weighted by atomic mass is 16.4. The molecule has 1 rings (SSSR count). The first-order valence-electron chi connectivity index (χ1n) is 7.89. The molecule has 1 aromatic rings. The summed E-state index contributed by atoms with van der Waals surface area (Å²) in [7, 11) is 6.60. The Hall–Kier alpha value is -1.35. The molecular weight excluding hydrogens is 262 g/mol. The van der Waals surface area contributed by atoms with E-state index in [-0.39, 0.29) is 6.42 Å². The summed E-state index contributed by atoms with van der Waals surface area (Å²) in [5, 5.41) is 9.92. The third-order valence-corrected chi connectivity index (χ3v) is 2.98. The first-order chi connectivity index (χ1) is 9.85. The van der Waals surface area contributed by atoms with Gasteiger partial charge in [-0.2, -0.15) is 0 Å². The number of quaternary nitrogens is 1. The van der Waals surface area contributed by atoms with Gasteiger partial charge in [-0.3, -0.25) is 0 Å². The van der Waals surface area contributed by atoms with Gasteiger partial charge in [-0.1, -0.05) is 62.9 Å². The lowest BCUT2D eigenvalue weighted by atomic mass is 10.1. The van der Waals surface area contributed by atoms with Crippen molar-refractivity contribution in [2.75, 3.05) is 21.1 Å². The van der Waals surface area contributed by atoms with Gasteiger partial charge in [0, 0.05) is 11.5 Å². The molecule has 0 saturated carbocycles. The molecule has 0 fully saturated rings. The van der Waals surface area contributed by atoms with E-state index in [0.29, 0.717) is 0 Å². The largest absolute Gasteiger partial charge is 0.550 e. The van der Waals surface area contributed by atoms with E-state index in [1.165, 1.54) is 18.4 Å². The summed E-state index contributed by atoms with van der Waals surface area (Å²) in [5.41, 5.74) is 1.40. The van der Waals surface area contributed by atoms with Gasteiger partial charge in [0.2, 0.25) is 0 Å². The number of aliphatic carboxylic acids is 1. The van der Waals surface area contributed by atoms with Crippen molar-refractivity contribution in [1.82, 2.24) is 0 Å². The minimum absolute atomic E-state index is 0.226. The average Bonchev–Trinajstić information content (AvgIpc) is 2.38. The molecule has 1 aromatic carbocycles. The van der Waals surface area contributed by atoms with Crippen LogP contribution in [0.3, 0.4) is 0 Å². The predicted molar refractivity (Wildman–Crippen MR) is 86.6 cm³/mol. The SMILES string of the molecule is CCCCCCCC(=O)[O-].C[N+](C)(C)Cc1ccccc1. The fourth-order valence-corrected chi connectivity index (χ4v) is 2.00. The number of nitrogens with zero attached hydrogens (tertiary/aromatic N) is 1. The molecule has 120 valence electrons. The number of benzene rings is 1. The molecule has 0 amide bonds. The minimum atomic E-state index is -0.920. The first-order valence-corrected chi connectivity index (χ1v) is 7.89. The van der Waals surface area contributed by atoms with Crippen molar-refractivity contribution in [3.8, 4) is 0 Å². The maximum Gasteiger partial charge on any atom is 0.104 e. The first kappa shape index (κ1) is 19.7. The summed E-state index contributed by atoms with van der Waals surface area (Å²) in [6.45, 7) is 3.24. The second-order valence-corrected chi connectivity index (χ2v) is 6.47. The van der Waals surface area contributed by atoms with Crippen LogP contribution in [0.1, 0.15) is 51.0 Å². The van der Waals surface area contributed by atoms with Crippen LogP contribution < -0.4 is 5.11 Å². The van der Waals surface area contributed by atoms with E-state index in [9.17, 15) is 9.90 Å². The van der Waals surface area contributed by atoms with Gasteiger partial charge in [0.25, 0.3) is 0 Å². The van der Waals surface area contributed by atoms with Crippen LogP contribution >= 0.6 is 0 Å². The average molecular weight is 293 g/mol. The van der Waals surface area contributed by atoms with Crippen LogP contribution in [-0.2, 0) is 11.3 Å². The Morgan fingerprint density at radius 3 is 2.05 bits per heavy atom. The molecule has 0 heterocycles. The normalized spacial score (nSPS) is 10.7. The lowest BCUT2D eigenvalue weighted by Crippen LogP contribution is -2.33. The summed E-state index contributed by atoms with van der Waals surface area (Å²) >= 11 is 0. The molecular formula is C18H31NO2. The summed E-state index contributed by atoms with van der Waals surface area (Å²) in [6, 6.07) is 10.6. The topological polar surface area (TPSA) is 40.1 Å². The summed E-state index contributed by atoms with van der Waals surface area (Å²) in [6.07, 6.45) is 5.61. The zero-order valence-electron chi connectivity index (χ0n) is 14.1. The molecule has 0 atom stereocenters. The fraction of sp³-hybridized carbons (Fsp3) is 0.611. The molecule has 0 saturated heterocycles. The Bertz CT molecular complexity index is 369. The van der Waals surface area contributed by atoms with Crippen molar-refractivity contribution >= 4 is 5.97 Å². The Labute approximate surface area is 130 Å². The number of carbonyl (C=O) groups excluding carboxylic acids is 1. The van der Waals surface area contributed by atoms with Crippen molar-refractivity contribution in [1.29, 1.82) is 0 Å². The van der Waals surface area contributed by atoms with Gasteiger partial charge in [0.1, 0.15) is 6.54 Å². The Morgan fingerprint density at radius 2 is 1.57 bits per heavy atom. The van der Waals surface area contributed by atoms with Crippen molar-refractivity contribution < 1.29 is 14.4 Å². The van der Waals surface area contributed by atoms with Gasteiger partial charge in [-0.05, 0) is 12.8 Å². The number of carbonyl (C=O) groups is 1. The van der Waals surface area contributed by atoms with Crippen molar-refractivity contribution in [3.63, 3.8) is 0 Å². The molecule has 0 unspecified atom stereocenters. The second-order valence-electron chi connectivity index (χ2n) is 6.47. The van der Waals surface area contributed by atoms with Crippen LogP contribution in [0.2, 0.25) is 0 Å². The summed E-state index contributed by atoms with van der Waals surface area (Å²) < 4.78 is 0.990. The molecule has 0 aliphatic rings. The van der Waals surface area contributed by atoms with Gasteiger partial charge in [0.15, 0.2) is 0 Å². The Kier molecular flexibility index (Phi) is 10.6. The zero-order chi connectivity index (χ0) is 16.1. The van der Waals surface area contributed by atoms with E-state index in [4.69, 9.17) is 0 Å². The van der Waals surface area contributed by atoms with Crippen molar-refractivity contribution in [3.05, 3.63) is 35.9 Å². The summed E-state index contributed by atoms with van der Waals surface area (Å²) in [4.78, 5) is 9.92. The molecule has 0 aliphatic carbocycles. The van der Waals surface area contributed by atoms with Crippen LogP contribution in [-0.4, -0.2) is 31.6 Å². The highest BCUT2D eigenvalue weighted by Crippen LogP contribution is 2.05. The standard InChI is InChI=1S/C10H16N.C8H16O2/c1-11(2,3)9-10-7-5-4-6-8-10;1-2-3-4-5-6-7-8(9)10/h4-8H,9H2,1-3H3;2-7H2,1H3,(H,9,10)/q+1;/p-1. The van der Waals surface area contributed by atoms with Gasteiger partial charge < -0.3 is 14.4 Å². The Balaban J connectivity index is 0.000000384. The van der Waals surface area contributed by atoms with Gasteiger partial charge in [-0.15, -0.1) is 0 Å². The van der Waals surface area contributed by atoms with Crippen LogP contribution in [0.5, 0.6) is 0 Å². The molecule has 3 nitrogen and oxygen atoms in total. The van der Waals surface area contributed by atoms with Crippen molar-refractivity contribution in [2.24, 2.45) is 0 Å². The maximum atomic E-state index is 9.92. The molecule has 3 heteroatoms. The van der Waals surface area contributed by atoms with Crippen molar-refractivity contribution in [2.45, 2.75) is 52.0 Å². The molecule has 0 bridgehead atoms. The van der Waals surface area contributed by atoms with E-state index in [0.717, 1.165) is 30.3 Å². The number of unbranched alkanes of at least 4 members (excludes halogenated alkanes) is 4. The van der Waals surface area contributed by atoms with Gasteiger partial charge in [0.05, 0.1) is 21.1 Å². The van der Waals surface area contributed by atoms with E-state index < -0.39 is 5.97 Å². The summed E-state index contributed by atoms with van der Waals surface area (Å²) in [5.74, 6) is -0.920. The Morgan fingerprint density at radius 1 is 1.00 bits per heavy atom. The maximum absolute atomic E-state index is 9.92. The van der Waals surface area contributed by atoms with Crippen LogP contribution in [0, 0.1) is 0 Å². The van der Waals surface area contributed by atoms with E-state index in [1.54, 1.807) is 0 Å². The zero-order valence-corrected chi connectivity index (χ0v) is 14.1. The third kappa shape index (κ3) is 14.9. The molecule has 0 spiro atoms. The lowest BCUT2D eigenvalue weighted by molar-refractivity contribution is -0.884. The number of carboxylic acids is 1. The lowest BCUT2D eigenvalue weighted by Gasteiger charge is -2.23. The monoisotopic (exact) mass is 293 g/mol. The second kappa shape index (κ2) is 11.3. The van der Waals surface area contributed by atoms with E-state index >= 15 is 0 Å². The third-order valence-electron chi connectivity index (χ3n) is 2.98. The van der Waals surface area contributed by atoms with Crippen LogP contribution in [0.15, 0.2) is 30.3 Å².